The van der Waals surface area contributed by atoms with Gasteiger partial charge in [0.15, 0.2) is 0 Å². The van der Waals surface area contributed by atoms with Crippen LogP contribution < -0.4 is 10.7 Å². The normalized spacial score (nSPS) is 17.6. The van der Waals surface area contributed by atoms with Gasteiger partial charge in [0, 0.05) is 16.8 Å². The maximum atomic E-state index is 13.9. The number of carbonyl (C=O) groups excluding carboxylic acids is 1. The zero-order valence-electron chi connectivity index (χ0n) is 13.2. The highest BCUT2D eigenvalue weighted by Crippen LogP contribution is 2.39. The first-order chi connectivity index (χ1) is 11.6. The predicted molar refractivity (Wildman–Crippen MR) is 90.7 cm³/mol. The lowest BCUT2D eigenvalue weighted by Gasteiger charge is -2.07. The maximum absolute atomic E-state index is 13.9. The molecule has 0 aromatic heterocycles. The molecule has 1 amide bonds. The van der Waals surface area contributed by atoms with Crippen LogP contribution in [0.2, 0.25) is 0 Å². The monoisotopic (exact) mass is 327 g/mol. The van der Waals surface area contributed by atoms with E-state index in [2.05, 4.69) is 15.8 Å². The Morgan fingerprint density at radius 3 is 2.79 bits per heavy atom. The van der Waals surface area contributed by atoms with E-state index in [1.165, 1.54) is 12.1 Å². The number of nitrogens with zero attached hydrogens (tertiary/aromatic N) is 1. The number of para-hydroxylation sites is 1. The molecule has 0 bridgehead atoms. The van der Waals surface area contributed by atoms with Gasteiger partial charge in [0.05, 0.1) is 12.3 Å². The molecule has 1 aliphatic carbocycles. The summed E-state index contributed by atoms with van der Waals surface area (Å²) in [6.07, 6.45) is 0.468. The average Bonchev–Trinajstić information content (AvgIpc) is 2.93. The third kappa shape index (κ3) is 3.22. The lowest BCUT2D eigenvalue weighted by atomic mass is 10.0. The molecule has 0 saturated carbocycles. The number of amides is 1. The molecule has 5 nitrogen and oxygen atoms in total. The zero-order valence-corrected chi connectivity index (χ0v) is 13.2. The number of carbonyl (C=O) groups is 1. The van der Waals surface area contributed by atoms with Crippen molar-refractivity contribution in [3.63, 3.8) is 0 Å². The van der Waals surface area contributed by atoms with Crippen LogP contribution in [0.25, 0.3) is 0 Å². The number of hydrazone groups is 1. The summed E-state index contributed by atoms with van der Waals surface area (Å²) in [6, 6.07) is 11.9. The minimum Gasteiger partial charge on any atom is -0.507 e. The van der Waals surface area contributed by atoms with E-state index in [-0.39, 0.29) is 29.9 Å². The van der Waals surface area contributed by atoms with Gasteiger partial charge in [-0.2, -0.15) is 5.10 Å². The topological polar surface area (TPSA) is 73.7 Å². The van der Waals surface area contributed by atoms with Crippen LogP contribution in [0.15, 0.2) is 47.6 Å². The van der Waals surface area contributed by atoms with E-state index in [0.29, 0.717) is 23.3 Å². The van der Waals surface area contributed by atoms with E-state index < -0.39 is 0 Å². The van der Waals surface area contributed by atoms with Gasteiger partial charge >= 0.3 is 0 Å². The zero-order chi connectivity index (χ0) is 17.1. The lowest BCUT2D eigenvalue weighted by Crippen LogP contribution is -2.26. The third-order valence-corrected chi connectivity index (χ3v) is 3.99. The molecular formula is C18H18FN3O2. The Kier molecular flexibility index (Phi) is 4.46. The molecule has 0 heterocycles. The van der Waals surface area contributed by atoms with Gasteiger partial charge in [0.1, 0.15) is 11.6 Å². The first kappa shape index (κ1) is 16.0. The largest absolute Gasteiger partial charge is 0.507 e. The molecule has 3 N–H and O–H groups in total. The number of phenols is 1. The van der Waals surface area contributed by atoms with Crippen molar-refractivity contribution in [1.82, 2.24) is 5.43 Å². The Labute approximate surface area is 139 Å². The second-order valence-electron chi connectivity index (χ2n) is 5.77. The molecule has 0 fully saturated rings. The van der Waals surface area contributed by atoms with E-state index in [0.717, 1.165) is 5.69 Å². The molecule has 3 rings (SSSR count). The molecule has 0 spiro atoms. The molecule has 2 aromatic rings. The van der Waals surface area contributed by atoms with E-state index in [1.807, 2.05) is 37.3 Å². The second kappa shape index (κ2) is 6.70. The number of halogens is 1. The molecule has 0 aliphatic heterocycles. The van der Waals surface area contributed by atoms with Crippen molar-refractivity contribution >= 4 is 17.3 Å². The van der Waals surface area contributed by atoms with Crippen LogP contribution in [0.4, 0.5) is 10.1 Å². The van der Waals surface area contributed by atoms with Gasteiger partial charge in [-0.25, -0.2) is 9.82 Å². The van der Waals surface area contributed by atoms with Crippen molar-refractivity contribution in [2.24, 2.45) is 5.10 Å². The minimum absolute atomic E-state index is 0.0221. The molecule has 24 heavy (non-hydrogen) atoms. The highest BCUT2D eigenvalue weighted by Gasteiger charge is 2.30. The number of aromatic hydroxyl groups is 1. The molecule has 0 saturated heterocycles. The predicted octanol–water partition coefficient (Wildman–Crippen LogP) is 2.97. The van der Waals surface area contributed by atoms with E-state index >= 15 is 0 Å². The van der Waals surface area contributed by atoms with Gasteiger partial charge in [0.25, 0.3) is 5.91 Å². The van der Waals surface area contributed by atoms with Crippen molar-refractivity contribution in [3.05, 3.63) is 59.4 Å². The van der Waals surface area contributed by atoms with Crippen LogP contribution >= 0.6 is 0 Å². The number of phenolic OH excluding ortho intramolecular Hbond substituents is 1. The Bertz CT molecular complexity index is 790. The standard InChI is InChI=1S/C18H18FN3O2/c1-11-9-14(18-15(23)8-7-13(19)17(11)18)21-22-16(24)10-20-12-5-3-2-4-6-12/h2-8,11,20,23H,9-10H2,1H3,(H,22,24)/b21-14+/t11-/m1/s1. The average molecular weight is 327 g/mol. The Hall–Kier alpha value is -2.89. The molecule has 0 unspecified atom stereocenters. The van der Waals surface area contributed by atoms with Crippen LogP contribution in [-0.4, -0.2) is 23.3 Å². The number of anilines is 1. The van der Waals surface area contributed by atoms with Gasteiger partial charge in [-0.3, -0.25) is 4.79 Å². The van der Waals surface area contributed by atoms with E-state index in [9.17, 15) is 14.3 Å². The molecule has 2 aromatic carbocycles. The lowest BCUT2D eigenvalue weighted by molar-refractivity contribution is -0.119. The summed E-state index contributed by atoms with van der Waals surface area (Å²) in [5, 5.41) is 17.0. The number of benzene rings is 2. The number of rotatable bonds is 4. The van der Waals surface area contributed by atoms with Gasteiger partial charge < -0.3 is 10.4 Å². The SMILES string of the molecule is C[C@@H]1C/C(=N\NC(=O)CNc2ccccc2)c2c(O)ccc(F)c21. The van der Waals surface area contributed by atoms with Gasteiger partial charge in [-0.1, -0.05) is 25.1 Å². The van der Waals surface area contributed by atoms with Crippen molar-refractivity contribution in [1.29, 1.82) is 0 Å². The summed E-state index contributed by atoms with van der Waals surface area (Å²) in [6.45, 7) is 1.93. The summed E-state index contributed by atoms with van der Waals surface area (Å²) in [5.74, 6) is -0.794. The van der Waals surface area contributed by atoms with Crippen molar-refractivity contribution in [2.45, 2.75) is 19.3 Å². The van der Waals surface area contributed by atoms with Crippen LogP contribution in [0.5, 0.6) is 5.75 Å². The number of fused-ring (bicyclic) bond motifs is 1. The minimum atomic E-state index is -0.363. The van der Waals surface area contributed by atoms with Gasteiger partial charge in [-0.15, -0.1) is 0 Å². The van der Waals surface area contributed by atoms with Crippen LogP contribution in [0.1, 0.15) is 30.4 Å². The Balaban J connectivity index is 1.68. The Morgan fingerprint density at radius 1 is 1.29 bits per heavy atom. The quantitative estimate of drug-likeness (QED) is 0.756. The molecule has 124 valence electrons. The molecular weight excluding hydrogens is 309 g/mol. The summed E-state index contributed by atoms with van der Waals surface area (Å²) in [5.41, 5.74) is 4.61. The second-order valence-corrected chi connectivity index (χ2v) is 5.77. The molecule has 6 heteroatoms. The fraction of sp³-hybridized carbons (Fsp3) is 0.222. The van der Waals surface area contributed by atoms with Gasteiger partial charge in [0.2, 0.25) is 0 Å². The number of nitrogens with one attached hydrogen (secondary N) is 2. The van der Waals surface area contributed by atoms with E-state index in [4.69, 9.17) is 0 Å². The first-order valence-electron chi connectivity index (χ1n) is 7.72. The third-order valence-electron chi connectivity index (χ3n) is 3.99. The fourth-order valence-corrected chi connectivity index (χ4v) is 2.87. The molecule has 1 atom stereocenters. The van der Waals surface area contributed by atoms with Crippen LogP contribution in [0, 0.1) is 5.82 Å². The number of hydrogen-bond donors (Lipinski definition) is 3. The molecule has 0 radical (unpaired) electrons. The molecule has 1 aliphatic rings. The number of hydrogen-bond acceptors (Lipinski definition) is 4. The fourth-order valence-electron chi connectivity index (χ4n) is 2.87. The van der Waals surface area contributed by atoms with E-state index in [1.54, 1.807) is 0 Å². The maximum Gasteiger partial charge on any atom is 0.259 e. The smallest absolute Gasteiger partial charge is 0.259 e. The van der Waals surface area contributed by atoms with Crippen molar-refractivity contribution in [3.8, 4) is 5.75 Å². The van der Waals surface area contributed by atoms with Gasteiger partial charge in [-0.05, 0) is 36.6 Å². The highest BCUT2D eigenvalue weighted by atomic mass is 19.1. The summed E-state index contributed by atoms with van der Waals surface area (Å²) >= 11 is 0. The van der Waals surface area contributed by atoms with Crippen LogP contribution in [-0.2, 0) is 4.79 Å². The first-order valence-corrected chi connectivity index (χ1v) is 7.72. The summed E-state index contributed by atoms with van der Waals surface area (Å²) < 4.78 is 13.9. The summed E-state index contributed by atoms with van der Waals surface area (Å²) in [7, 11) is 0. The van der Waals surface area contributed by atoms with Crippen molar-refractivity contribution in [2.75, 3.05) is 11.9 Å². The van der Waals surface area contributed by atoms with Crippen molar-refractivity contribution < 1.29 is 14.3 Å². The summed E-state index contributed by atoms with van der Waals surface area (Å²) in [4.78, 5) is 11.9. The van der Waals surface area contributed by atoms with Crippen LogP contribution in [0.3, 0.4) is 0 Å². The highest BCUT2D eigenvalue weighted by molar-refractivity contribution is 6.07. The Morgan fingerprint density at radius 2 is 2.04 bits per heavy atom.